The highest BCUT2D eigenvalue weighted by Gasteiger charge is 2.47. The number of thiophene rings is 1. The van der Waals surface area contributed by atoms with Crippen molar-refractivity contribution in [3.05, 3.63) is 41.1 Å². The van der Waals surface area contributed by atoms with E-state index in [0.29, 0.717) is 0 Å². The summed E-state index contributed by atoms with van der Waals surface area (Å²) < 4.78 is 19.1. The minimum absolute atomic E-state index is 0.655. The van der Waals surface area contributed by atoms with Crippen LogP contribution in [0.25, 0.3) is 6.08 Å². The summed E-state index contributed by atoms with van der Waals surface area (Å²) in [6, 6.07) is 1.89. The number of methoxy groups -OCH3 is 2. The number of hydrogen-bond acceptors (Lipinski definition) is 11. The normalized spacial score (nSPS) is 32.2. The smallest absolute Gasteiger partial charge is 0.338 e. The Morgan fingerprint density at radius 3 is 1.94 bits per heavy atom. The molecule has 2 aliphatic rings. The van der Waals surface area contributed by atoms with Gasteiger partial charge in [-0.1, -0.05) is 18.2 Å². The molecular formula is C20H26O10S. The third-order valence-electron chi connectivity index (χ3n) is 4.71. The molecule has 0 spiro atoms. The molecule has 3 heterocycles. The van der Waals surface area contributed by atoms with Crippen molar-refractivity contribution < 1.29 is 49.0 Å². The van der Waals surface area contributed by atoms with Crippen LogP contribution in [0, 0.1) is 0 Å². The van der Waals surface area contributed by atoms with Gasteiger partial charge >= 0.3 is 11.9 Å². The number of cyclic esters (lactones) is 2. The maximum absolute atomic E-state index is 11.3. The summed E-state index contributed by atoms with van der Waals surface area (Å²) in [4.78, 5) is 22.3. The Labute approximate surface area is 182 Å². The first-order chi connectivity index (χ1) is 14.7. The predicted molar refractivity (Wildman–Crippen MR) is 109 cm³/mol. The van der Waals surface area contributed by atoms with Gasteiger partial charge in [-0.05, 0) is 22.4 Å². The Bertz CT molecular complexity index is 764. The lowest BCUT2D eigenvalue weighted by atomic mass is 10.1. The molecule has 0 bridgehead atoms. The van der Waals surface area contributed by atoms with Gasteiger partial charge in [-0.25, -0.2) is 9.59 Å². The molecule has 0 aromatic carbocycles. The van der Waals surface area contributed by atoms with Gasteiger partial charge in [-0.3, -0.25) is 0 Å². The quantitative estimate of drug-likeness (QED) is 0.304. The Morgan fingerprint density at radius 1 is 1.03 bits per heavy atom. The zero-order valence-corrected chi connectivity index (χ0v) is 17.8. The van der Waals surface area contributed by atoms with Gasteiger partial charge in [0.05, 0.1) is 0 Å². The second kappa shape index (κ2) is 11.5. The van der Waals surface area contributed by atoms with Gasteiger partial charge in [0.15, 0.2) is 24.4 Å². The Hall–Kier alpha value is -2.12. The van der Waals surface area contributed by atoms with Gasteiger partial charge in [0, 0.05) is 14.2 Å². The zero-order chi connectivity index (χ0) is 23.1. The standard InChI is InChI=1S/C12H14O5S.C8H12O5/c1-16-11-9(14)10(17-12(11)15)8(13)3-2-7-4-5-18-6-7;1-3-4(9)6-5(10)7(12-2)8(11)13-6/h2-6,8-11,13-14H,1H3;3-7,9-10H,1H2,2H3/b3-2+;/t8-,9?,10+,11-;4-,5?,6+,7-/m11/s1. The summed E-state index contributed by atoms with van der Waals surface area (Å²) in [5, 5.41) is 42.2. The van der Waals surface area contributed by atoms with Crippen LogP contribution >= 0.6 is 11.3 Å². The minimum Gasteiger partial charge on any atom is -0.454 e. The molecule has 2 fully saturated rings. The van der Waals surface area contributed by atoms with Gasteiger partial charge in [-0.2, -0.15) is 11.3 Å². The molecule has 172 valence electrons. The van der Waals surface area contributed by atoms with Crippen LogP contribution in [0.1, 0.15) is 5.56 Å². The van der Waals surface area contributed by atoms with Crippen LogP contribution in [-0.2, 0) is 28.5 Å². The first kappa shape index (κ1) is 25.1. The Morgan fingerprint density at radius 2 is 1.55 bits per heavy atom. The molecule has 1 aromatic heterocycles. The lowest BCUT2D eigenvalue weighted by Gasteiger charge is -2.17. The van der Waals surface area contributed by atoms with Crippen molar-refractivity contribution in [2.24, 2.45) is 0 Å². The zero-order valence-electron chi connectivity index (χ0n) is 16.9. The molecule has 4 N–H and O–H groups in total. The van der Waals surface area contributed by atoms with E-state index in [1.54, 1.807) is 17.4 Å². The number of esters is 2. The molecule has 11 heteroatoms. The third-order valence-corrected chi connectivity index (χ3v) is 5.42. The highest BCUT2D eigenvalue weighted by molar-refractivity contribution is 7.08. The van der Waals surface area contributed by atoms with Crippen molar-refractivity contribution in [1.82, 2.24) is 0 Å². The van der Waals surface area contributed by atoms with Crippen LogP contribution in [0.4, 0.5) is 0 Å². The van der Waals surface area contributed by atoms with Gasteiger partial charge in [0.25, 0.3) is 0 Å². The number of aliphatic hydroxyl groups is 4. The van der Waals surface area contributed by atoms with Crippen LogP contribution in [0.3, 0.4) is 0 Å². The van der Waals surface area contributed by atoms with E-state index < -0.39 is 60.8 Å². The van der Waals surface area contributed by atoms with Crippen molar-refractivity contribution in [3.63, 3.8) is 0 Å². The van der Waals surface area contributed by atoms with Crippen LogP contribution in [0.5, 0.6) is 0 Å². The van der Waals surface area contributed by atoms with Crippen molar-refractivity contribution >= 4 is 29.4 Å². The highest BCUT2D eigenvalue weighted by Crippen LogP contribution is 2.23. The van der Waals surface area contributed by atoms with E-state index >= 15 is 0 Å². The lowest BCUT2D eigenvalue weighted by Crippen LogP contribution is -2.38. The summed E-state index contributed by atoms with van der Waals surface area (Å²) in [6.45, 7) is 3.32. The fourth-order valence-electron chi connectivity index (χ4n) is 3.00. The summed E-state index contributed by atoms with van der Waals surface area (Å²) in [5.41, 5.74) is 0.946. The first-order valence-electron chi connectivity index (χ1n) is 9.26. The van der Waals surface area contributed by atoms with E-state index in [-0.39, 0.29) is 0 Å². The molecular weight excluding hydrogens is 432 g/mol. The van der Waals surface area contributed by atoms with E-state index in [9.17, 15) is 30.0 Å². The number of aliphatic hydroxyl groups excluding tert-OH is 4. The van der Waals surface area contributed by atoms with E-state index in [1.807, 2.05) is 16.8 Å². The Kier molecular flexibility index (Phi) is 9.32. The second-order valence-electron chi connectivity index (χ2n) is 6.73. The van der Waals surface area contributed by atoms with Gasteiger partial charge in [0.1, 0.15) is 24.4 Å². The number of ether oxygens (including phenoxy) is 4. The maximum Gasteiger partial charge on any atom is 0.338 e. The molecule has 0 amide bonds. The molecule has 3 rings (SSSR count). The summed E-state index contributed by atoms with van der Waals surface area (Å²) in [5.74, 6) is -1.32. The van der Waals surface area contributed by atoms with Crippen LogP contribution in [0.15, 0.2) is 35.6 Å². The number of rotatable bonds is 7. The van der Waals surface area contributed by atoms with E-state index in [2.05, 4.69) is 6.58 Å². The molecule has 2 saturated heterocycles. The first-order valence-corrected chi connectivity index (χ1v) is 10.2. The van der Waals surface area contributed by atoms with E-state index in [0.717, 1.165) is 5.56 Å². The highest BCUT2D eigenvalue weighted by atomic mass is 32.1. The van der Waals surface area contributed by atoms with Gasteiger partial charge < -0.3 is 39.4 Å². The third kappa shape index (κ3) is 5.98. The lowest BCUT2D eigenvalue weighted by molar-refractivity contribution is -0.151. The number of carbonyl (C=O) groups is 2. The monoisotopic (exact) mass is 458 g/mol. The number of hydrogen-bond donors (Lipinski definition) is 4. The minimum atomic E-state index is -1.16. The van der Waals surface area contributed by atoms with E-state index in [1.165, 1.54) is 26.4 Å². The summed E-state index contributed by atoms with van der Waals surface area (Å²) >= 11 is 1.54. The van der Waals surface area contributed by atoms with Crippen molar-refractivity contribution in [1.29, 1.82) is 0 Å². The van der Waals surface area contributed by atoms with E-state index in [4.69, 9.17) is 18.9 Å². The largest absolute Gasteiger partial charge is 0.454 e. The summed E-state index contributed by atoms with van der Waals surface area (Å²) in [6.07, 6.45) is -4.06. The number of carbonyl (C=O) groups excluding carboxylic acids is 2. The predicted octanol–water partition coefficient (Wildman–Crippen LogP) is -0.742. The SMILES string of the molecule is C=C[C@@H](O)[C@@H]1OC(=O)[C@H](OC)C1O.CO[C@H]1C(=O)O[C@@H]([C@H](O)/C=C/c2ccsc2)C1O. The van der Waals surface area contributed by atoms with Crippen LogP contribution in [0.2, 0.25) is 0 Å². The molecule has 31 heavy (non-hydrogen) atoms. The molecule has 2 aliphatic heterocycles. The maximum atomic E-state index is 11.3. The summed E-state index contributed by atoms with van der Waals surface area (Å²) in [7, 11) is 2.60. The van der Waals surface area contributed by atoms with Crippen molar-refractivity contribution in [2.45, 2.75) is 48.8 Å². The fraction of sp³-hybridized carbons (Fsp3) is 0.500. The molecule has 0 saturated carbocycles. The van der Waals surface area contributed by atoms with Crippen molar-refractivity contribution in [2.75, 3.05) is 14.2 Å². The second-order valence-corrected chi connectivity index (χ2v) is 7.51. The van der Waals surface area contributed by atoms with Crippen molar-refractivity contribution in [3.8, 4) is 0 Å². The van der Waals surface area contributed by atoms with Crippen LogP contribution < -0.4 is 0 Å². The Balaban J connectivity index is 0.000000233. The topological polar surface area (TPSA) is 152 Å². The van der Waals surface area contributed by atoms with Gasteiger partial charge in [0.2, 0.25) is 0 Å². The molecule has 2 unspecified atom stereocenters. The molecule has 10 nitrogen and oxygen atoms in total. The fourth-order valence-corrected chi connectivity index (χ4v) is 3.63. The average molecular weight is 458 g/mol. The average Bonchev–Trinajstić information content (AvgIpc) is 3.44. The molecule has 8 atom stereocenters. The van der Waals surface area contributed by atoms with Gasteiger partial charge in [-0.15, -0.1) is 6.58 Å². The molecule has 1 aromatic rings. The van der Waals surface area contributed by atoms with Crippen LogP contribution in [-0.4, -0.2) is 95.4 Å². The molecule has 0 aliphatic carbocycles. The molecule has 0 radical (unpaired) electrons.